The van der Waals surface area contributed by atoms with Gasteiger partial charge in [0.25, 0.3) is 11.5 Å². The molecule has 0 atom stereocenters. The van der Waals surface area contributed by atoms with E-state index in [1.807, 2.05) is 0 Å². The van der Waals surface area contributed by atoms with E-state index in [1.54, 1.807) is 6.92 Å². The quantitative estimate of drug-likeness (QED) is 0.336. The van der Waals surface area contributed by atoms with Crippen molar-refractivity contribution in [1.82, 2.24) is 0 Å². The first-order chi connectivity index (χ1) is 11.8. The minimum Gasteiger partial charge on any atom is -0.462 e. The van der Waals surface area contributed by atoms with E-state index in [1.165, 1.54) is 31.2 Å². The Hall–Kier alpha value is -2.72. The number of hydrogen-bond donors (Lipinski definition) is 0. The number of nitrogens with zero attached hydrogens (tertiary/aromatic N) is 1. The topological polar surface area (TPSA) is 123 Å². The maximum absolute atomic E-state index is 11.7. The number of esters is 1. The number of ether oxygens (including phenoxy) is 5. The van der Waals surface area contributed by atoms with Crippen LogP contribution in [-0.2, 0) is 23.7 Å². The summed E-state index contributed by atoms with van der Waals surface area (Å²) < 4.78 is 25.3. The summed E-state index contributed by atoms with van der Waals surface area (Å²) in [7, 11) is 0. The molecule has 1 aromatic rings. The van der Waals surface area contributed by atoms with Crippen molar-refractivity contribution in [2.45, 2.75) is 25.7 Å². The molecule has 1 aliphatic heterocycles. The Bertz CT molecular complexity index is 635. The molecule has 25 heavy (non-hydrogen) atoms. The van der Waals surface area contributed by atoms with E-state index in [-0.39, 0.29) is 31.3 Å². The van der Waals surface area contributed by atoms with E-state index < -0.39 is 28.9 Å². The predicted molar refractivity (Wildman–Crippen MR) is 80.9 cm³/mol. The fraction of sp³-hybridized carbons (Fsp3) is 0.467. The van der Waals surface area contributed by atoms with Gasteiger partial charge in [-0.2, -0.15) is 0 Å². The van der Waals surface area contributed by atoms with Crippen LogP contribution < -0.4 is 4.74 Å². The lowest BCUT2D eigenvalue weighted by Crippen LogP contribution is -2.51. The van der Waals surface area contributed by atoms with Gasteiger partial charge in [0.2, 0.25) is 0 Å². The van der Waals surface area contributed by atoms with Gasteiger partial charge in [-0.3, -0.25) is 10.1 Å². The Balaban J connectivity index is 1.82. The minimum atomic E-state index is -1.54. The molecular weight excluding hydrogens is 338 g/mol. The lowest BCUT2D eigenvalue weighted by atomic mass is 10.2. The van der Waals surface area contributed by atoms with Crippen LogP contribution in [-0.4, -0.2) is 48.8 Å². The fourth-order valence-corrected chi connectivity index (χ4v) is 1.93. The van der Waals surface area contributed by atoms with Gasteiger partial charge >= 0.3 is 12.1 Å². The lowest BCUT2D eigenvalue weighted by molar-refractivity contribution is -0.384. The van der Waals surface area contributed by atoms with Crippen molar-refractivity contribution in [2.75, 3.05) is 19.8 Å². The molecule has 1 saturated heterocycles. The Morgan fingerprint density at radius 1 is 1.28 bits per heavy atom. The number of hydrogen-bond acceptors (Lipinski definition) is 9. The van der Waals surface area contributed by atoms with E-state index in [9.17, 15) is 19.7 Å². The van der Waals surface area contributed by atoms with Gasteiger partial charge in [0.15, 0.2) is 6.10 Å². The van der Waals surface area contributed by atoms with Gasteiger partial charge < -0.3 is 23.7 Å². The third-order valence-corrected chi connectivity index (χ3v) is 3.25. The smallest absolute Gasteiger partial charge is 0.462 e. The normalized spacial score (nSPS) is 22.7. The molecule has 1 aromatic carbocycles. The second-order valence-electron chi connectivity index (χ2n) is 5.13. The first-order valence-corrected chi connectivity index (χ1v) is 7.42. The third-order valence-electron chi connectivity index (χ3n) is 3.25. The highest BCUT2D eigenvalue weighted by Gasteiger charge is 2.43. The maximum atomic E-state index is 11.7. The van der Waals surface area contributed by atoms with Crippen LogP contribution >= 0.6 is 0 Å². The van der Waals surface area contributed by atoms with Gasteiger partial charge in [-0.1, -0.05) is 0 Å². The number of non-ortho nitro benzene ring substituents is 1. The average Bonchev–Trinajstić information content (AvgIpc) is 2.58. The van der Waals surface area contributed by atoms with Crippen LogP contribution in [0.25, 0.3) is 0 Å². The zero-order chi connectivity index (χ0) is 18.4. The number of rotatable bonds is 5. The highest BCUT2D eigenvalue weighted by molar-refractivity contribution is 5.77. The average molecular weight is 355 g/mol. The van der Waals surface area contributed by atoms with Crippen LogP contribution in [0.3, 0.4) is 0 Å². The van der Waals surface area contributed by atoms with Crippen LogP contribution in [0.4, 0.5) is 10.5 Å². The Kier molecular flexibility index (Phi) is 5.88. The molecule has 10 heteroatoms. The summed E-state index contributed by atoms with van der Waals surface area (Å²) in [4.78, 5) is 33.4. The molecule has 0 unspecified atom stereocenters. The molecule has 136 valence electrons. The summed E-state index contributed by atoms with van der Waals surface area (Å²) in [6, 6.07) is 4.93. The molecule has 0 spiro atoms. The zero-order valence-corrected chi connectivity index (χ0v) is 13.6. The van der Waals surface area contributed by atoms with Crippen LogP contribution in [0.2, 0.25) is 0 Å². The summed E-state index contributed by atoms with van der Waals surface area (Å²) in [5.41, 5.74) is -0.131. The SMILES string of the molecule is CCOC(=O)C1(C)OCC(OC(=O)Oc2ccc([N+](=O)[O-])cc2)CO1. The van der Waals surface area contributed by atoms with E-state index in [0.717, 1.165) is 0 Å². The van der Waals surface area contributed by atoms with Crippen molar-refractivity contribution in [3.8, 4) is 5.75 Å². The monoisotopic (exact) mass is 355 g/mol. The van der Waals surface area contributed by atoms with E-state index >= 15 is 0 Å². The summed E-state index contributed by atoms with van der Waals surface area (Å²) in [5.74, 6) is -2.12. The highest BCUT2D eigenvalue weighted by atomic mass is 16.8. The first kappa shape index (κ1) is 18.6. The van der Waals surface area contributed by atoms with Crippen LogP contribution in [0.15, 0.2) is 24.3 Å². The lowest BCUT2D eigenvalue weighted by Gasteiger charge is -2.34. The molecular formula is C15H17NO9. The van der Waals surface area contributed by atoms with Crippen LogP contribution in [0.1, 0.15) is 13.8 Å². The van der Waals surface area contributed by atoms with Crippen LogP contribution in [0.5, 0.6) is 5.75 Å². The molecule has 1 heterocycles. The molecule has 0 radical (unpaired) electrons. The molecule has 0 saturated carbocycles. The van der Waals surface area contributed by atoms with Gasteiger partial charge in [0.1, 0.15) is 5.75 Å². The van der Waals surface area contributed by atoms with Gasteiger partial charge in [-0.25, -0.2) is 9.59 Å². The highest BCUT2D eigenvalue weighted by Crippen LogP contribution is 2.22. The number of carbonyl (C=O) groups is 2. The summed E-state index contributed by atoms with van der Waals surface area (Å²) in [6.07, 6.45) is -1.79. The molecule has 10 nitrogen and oxygen atoms in total. The zero-order valence-electron chi connectivity index (χ0n) is 13.6. The van der Waals surface area contributed by atoms with Crippen LogP contribution in [0, 0.1) is 10.1 Å². The molecule has 0 N–H and O–H groups in total. The first-order valence-electron chi connectivity index (χ1n) is 7.42. The fourth-order valence-electron chi connectivity index (χ4n) is 1.93. The molecule has 0 bridgehead atoms. The van der Waals surface area contributed by atoms with E-state index in [0.29, 0.717) is 0 Å². The third kappa shape index (κ3) is 4.88. The van der Waals surface area contributed by atoms with Crippen molar-refractivity contribution in [3.63, 3.8) is 0 Å². The van der Waals surface area contributed by atoms with Gasteiger partial charge in [0, 0.05) is 19.1 Å². The Morgan fingerprint density at radius 3 is 2.40 bits per heavy atom. The summed E-state index contributed by atoms with van der Waals surface area (Å²) in [5, 5.41) is 10.6. The predicted octanol–water partition coefficient (Wildman–Crippen LogP) is 1.80. The van der Waals surface area contributed by atoms with Crippen molar-refractivity contribution in [3.05, 3.63) is 34.4 Å². The largest absolute Gasteiger partial charge is 0.514 e. The van der Waals surface area contributed by atoms with Crippen molar-refractivity contribution < 1.29 is 38.2 Å². The molecule has 1 aliphatic rings. The molecule has 1 fully saturated rings. The number of benzene rings is 1. The number of nitro groups is 1. The molecule has 0 aliphatic carbocycles. The van der Waals surface area contributed by atoms with E-state index in [4.69, 9.17) is 23.7 Å². The summed E-state index contributed by atoms with van der Waals surface area (Å²) >= 11 is 0. The molecule has 0 aromatic heterocycles. The van der Waals surface area contributed by atoms with Gasteiger partial charge in [-0.15, -0.1) is 0 Å². The van der Waals surface area contributed by atoms with E-state index in [2.05, 4.69) is 0 Å². The second-order valence-corrected chi connectivity index (χ2v) is 5.13. The van der Waals surface area contributed by atoms with Crippen molar-refractivity contribution in [2.24, 2.45) is 0 Å². The van der Waals surface area contributed by atoms with Crippen molar-refractivity contribution >= 4 is 17.8 Å². The maximum Gasteiger partial charge on any atom is 0.514 e. The minimum absolute atomic E-state index is 0.0787. The second kappa shape index (κ2) is 7.90. The Morgan fingerprint density at radius 2 is 1.88 bits per heavy atom. The number of carbonyl (C=O) groups excluding carboxylic acids is 2. The number of nitro benzene ring substituents is 1. The molecule has 0 amide bonds. The van der Waals surface area contributed by atoms with Gasteiger partial charge in [0.05, 0.1) is 24.7 Å². The van der Waals surface area contributed by atoms with Gasteiger partial charge in [-0.05, 0) is 19.1 Å². The standard InChI is InChI=1S/C15H17NO9/c1-3-21-13(17)15(2)22-8-12(9-23-15)25-14(18)24-11-6-4-10(5-7-11)16(19)20/h4-7,12H,3,8-9H2,1-2H3. The Labute approximate surface area is 142 Å². The molecule has 2 rings (SSSR count). The van der Waals surface area contributed by atoms with Crippen molar-refractivity contribution in [1.29, 1.82) is 0 Å². The summed E-state index contributed by atoms with van der Waals surface area (Å²) in [6.45, 7) is 3.10.